The molecule has 19 heavy (non-hydrogen) atoms. The molecule has 0 saturated carbocycles. The zero-order chi connectivity index (χ0) is 14.3. The van der Waals surface area contributed by atoms with Crippen LogP contribution in [0.3, 0.4) is 0 Å². The number of nitrogen functional groups attached to an aromatic ring is 1. The van der Waals surface area contributed by atoms with Gasteiger partial charge in [-0.25, -0.2) is 4.68 Å². The van der Waals surface area contributed by atoms with Gasteiger partial charge in [0.25, 0.3) is 0 Å². The molecule has 0 bridgehead atoms. The predicted molar refractivity (Wildman–Crippen MR) is 80.5 cm³/mol. The minimum atomic E-state index is 0.615. The van der Waals surface area contributed by atoms with Crippen LogP contribution in [0.5, 0.6) is 5.88 Å². The molecule has 0 aromatic carbocycles. The van der Waals surface area contributed by atoms with Crippen molar-refractivity contribution in [2.75, 3.05) is 12.3 Å². The van der Waals surface area contributed by atoms with Crippen molar-refractivity contribution in [3.05, 3.63) is 5.69 Å². The quantitative estimate of drug-likeness (QED) is 0.740. The van der Waals surface area contributed by atoms with E-state index in [9.17, 15) is 0 Å². The van der Waals surface area contributed by atoms with Crippen LogP contribution in [0, 0.1) is 12.8 Å². The molecule has 1 aromatic rings. The van der Waals surface area contributed by atoms with Crippen molar-refractivity contribution in [3.63, 3.8) is 0 Å². The summed E-state index contributed by atoms with van der Waals surface area (Å²) < 4.78 is 7.87. The first-order chi connectivity index (χ1) is 9.13. The number of ether oxygens (including phenoxy) is 1. The number of aromatic nitrogens is 2. The highest BCUT2D eigenvalue weighted by Gasteiger charge is 2.15. The summed E-state index contributed by atoms with van der Waals surface area (Å²) in [6.07, 6.45) is 5.93. The summed E-state index contributed by atoms with van der Waals surface area (Å²) in [4.78, 5) is 0. The first-order valence-electron chi connectivity index (χ1n) is 7.59. The van der Waals surface area contributed by atoms with E-state index in [0.717, 1.165) is 37.6 Å². The fraction of sp³-hybridized carbons (Fsp3) is 0.800. The van der Waals surface area contributed by atoms with Crippen LogP contribution in [0.2, 0.25) is 0 Å². The standard InChI is InChI=1S/C15H29N3O/c1-5-8-9-13(7-3)11-19-15-14(16)12(4)17-18(15)10-6-2/h13H,5-11,16H2,1-4H3. The summed E-state index contributed by atoms with van der Waals surface area (Å²) in [5.41, 5.74) is 7.61. The fourth-order valence-electron chi connectivity index (χ4n) is 2.18. The van der Waals surface area contributed by atoms with E-state index in [1.54, 1.807) is 0 Å². The highest BCUT2D eigenvalue weighted by atomic mass is 16.5. The highest BCUT2D eigenvalue weighted by Crippen LogP contribution is 2.26. The van der Waals surface area contributed by atoms with Gasteiger partial charge in [-0.15, -0.1) is 0 Å². The van der Waals surface area contributed by atoms with E-state index in [1.165, 1.54) is 19.3 Å². The lowest BCUT2D eigenvalue weighted by Gasteiger charge is -2.16. The molecular weight excluding hydrogens is 238 g/mol. The molecule has 4 heteroatoms. The van der Waals surface area contributed by atoms with E-state index >= 15 is 0 Å². The normalized spacial score (nSPS) is 12.6. The van der Waals surface area contributed by atoms with Crippen LogP contribution in [0.1, 0.15) is 58.6 Å². The number of aryl methyl sites for hydroxylation is 2. The van der Waals surface area contributed by atoms with Gasteiger partial charge in [-0.1, -0.05) is 40.0 Å². The van der Waals surface area contributed by atoms with Gasteiger partial charge >= 0.3 is 0 Å². The molecule has 0 fully saturated rings. The first-order valence-corrected chi connectivity index (χ1v) is 7.59. The average Bonchev–Trinajstić information content (AvgIpc) is 2.66. The van der Waals surface area contributed by atoms with Crippen LogP contribution in [-0.4, -0.2) is 16.4 Å². The second-order valence-electron chi connectivity index (χ2n) is 5.25. The van der Waals surface area contributed by atoms with Crippen molar-refractivity contribution < 1.29 is 4.74 Å². The molecule has 1 unspecified atom stereocenters. The van der Waals surface area contributed by atoms with E-state index in [0.29, 0.717) is 11.6 Å². The topological polar surface area (TPSA) is 53.1 Å². The molecule has 1 heterocycles. The number of hydrogen-bond acceptors (Lipinski definition) is 3. The van der Waals surface area contributed by atoms with Crippen molar-refractivity contribution in [1.29, 1.82) is 0 Å². The minimum absolute atomic E-state index is 0.615. The third-order valence-electron chi connectivity index (χ3n) is 3.56. The Balaban J connectivity index is 2.64. The Morgan fingerprint density at radius 3 is 2.58 bits per heavy atom. The van der Waals surface area contributed by atoms with Gasteiger partial charge in [0.1, 0.15) is 5.69 Å². The molecule has 0 spiro atoms. The second kappa shape index (κ2) is 8.08. The minimum Gasteiger partial charge on any atom is -0.476 e. The first kappa shape index (κ1) is 15.9. The molecular formula is C15H29N3O. The summed E-state index contributed by atoms with van der Waals surface area (Å²) in [5, 5.41) is 4.43. The molecule has 4 nitrogen and oxygen atoms in total. The van der Waals surface area contributed by atoms with Gasteiger partial charge in [-0.3, -0.25) is 0 Å². The van der Waals surface area contributed by atoms with Gasteiger partial charge in [-0.2, -0.15) is 5.10 Å². The number of rotatable bonds is 9. The molecule has 110 valence electrons. The average molecular weight is 267 g/mol. The predicted octanol–water partition coefficient (Wildman–Crippen LogP) is 3.78. The Hall–Kier alpha value is -1.19. The van der Waals surface area contributed by atoms with Gasteiger partial charge in [0, 0.05) is 6.54 Å². The monoisotopic (exact) mass is 267 g/mol. The Kier molecular flexibility index (Phi) is 6.74. The summed E-state index contributed by atoms with van der Waals surface area (Å²) in [5.74, 6) is 1.37. The molecule has 1 rings (SSSR count). The van der Waals surface area contributed by atoms with Gasteiger partial charge in [0.05, 0.1) is 12.3 Å². The smallest absolute Gasteiger partial charge is 0.236 e. The number of nitrogens with two attached hydrogens (primary N) is 1. The largest absolute Gasteiger partial charge is 0.476 e. The molecule has 0 aliphatic heterocycles. The van der Waals surface area contributed by atoms with Crippen LogP contribution in [0.25, 0.3) is 0 Å². The SMILES string of the molecule is CCCCC(CC)COc1c(N)c(C)nn1CCC. The summed E-state index contributed by atoms with van der Waals surface area (Å²) in [6.45, 7) is 10.1. The fourth-order valence-corrected chi connectivity index (χ4v) is 2.18. The van der Waals surface area contributed by atoms with Gasteiger partial charge < -0.3 is 10.5 Å². The molecule has 1 aromatic heterocycles. The molecule has 0 radical (unpaired) electrons. The lowest BCUT2D eigenvalue weighted by Crippen LogP contribution is -2.14. The molecule has 0 aliphatic rings. The lowest BCUT2D eigenvalue weighted by molar-refractivity contribution is 0.215. The Morgan fingerprint density at radius 2 is 2.00 bits per heavy atom. The number of nitrogens with zero attached hydrogens (tertiary/aromatic N) is 2. The zero-order valence-electron chi connectivity index (χ0n) is 12.9. The lowest BCUT2D eigenvalue weighted by atomic mass is 10.0. The molecule has 1 atom stereocenters. The van der Waals surface area contributed by atoms with Crippen molar-refractivity contribution in [1.82, 2.24) is 9.78 Å². The van der Waals surface area contributed by atoms with E-state index in [2.05, 4.69) is 25.9 Å². The maximum atomic E-state index is 6.05. The van der Waals surface area contributed by atoms with Gasteiger partial charge in [0.15, 0.2) is 0 Å². The Morgan fingerprint density at radius 1 is 1.26 bits per heavy atom. The zero-order valence-corrected chi connectivity index (χ0v) is 12.9. The third kappa shape index (κ3) is 4.44. The van der Waals surface area contributed by atoms with E-state index < -0.39 is 0 Å². The van der Waals surface area contributed by atoms with Crippen LogP contribution in [0.4, 0.5) is 5.69 Å². The second-order valence-corrected chi connectivity index (χ2v) is 5.25. The van der Waals surface area contributed by atoms with E-state index in [4.69, 9.17) is 10.5 Å². The van der Waals surface area contributed by atoms with Gasteiger partial charge in [-0.05, 0) is 25.7 Å². The van der Waals surface area contributed by atoms with Crippen LogP contribution in [0.15, 0.2) is 0 Å². The number of unbranched alkanes of at least 4 members (excludes halogenated alkanes) is 1. The van der Waals surface area contributed by atoms with E-state index in [-0.39, 0.29) is 0 Å². The summed E-state index contributed by atoms with van der Waals surface area (Å²) >= 11 is 0. The van der Waals surface area contributed by atoms with Crippen molar-refractivity contribution in [2.45, 2.75) is 66.3 Å². The van der Waals surface area contributed by atoms with Gasteiger partial charge in [0.2, 0.25) is 5.88 Å². The Bertz CT molecular complexity index is 374. The maximum Gasteiger partial charge on any atom is 0.236 e. The van der Waals surface area contributed by atoms with Crippen LogP contribution >= 0.6 is 0 Å². The maximum absolute atomic E-state index is 6.05. The molecule has 0 amide bonds. The Labute approximate surface area is 117 Å². The highest BCUT2D eigenvalue weighted by molar-refractivity contribution is 5.52. The van der Waals surface area contributed by atoms with E-state index in [1.807, 2.05) is 11.6 Å². The van der Waals surface area contributed by atoms with Crippen LogP contribution < -0.4 is 10.5 Å². The molecule has 0 saturated heterocycles. The van der Waals surface area contributed by atoms with Crippen molar-refractivity contribution in [2.24, 2.45) is 5.92 Å². The van der Waals surface area contributed by atoms with Crippen LogP contribution in [-0.2, 0) is 6.54 Å². The number of anilines is 1. The third-order valence-corrected chi connectivity index (χ3v) is 3.56. The summed E-state index contributed by atoms with van der Waals surface area (Å²) in [6, 6.07) is 0. The summed E-state index contributed by atoms with van der Waals surface area (Å²) in [7, 11) is 0. The molecule has 2 N–H and O–H groups in total. The van der Waals surface area contributed by atoms with Crippen molar-refractivity contribution >= 4 is 5.69 Å². The molecule has 0 aliphatic carbocycles. The van der Waals surface area contributed by atoms with Crippen molar-refractivity contribution in [3.8, 4) is 5.88 Å². The number of hydrogen-bond donors (Lipinski definition) is 1.